The van der Waals surface area contributed by atoms with Gasteiger partial charge in [0.15, 0.2) is 0 Å². The van der Waals surface area contributed by atoms with E-state index >= 15 is 0 Å². The third kappa shape index (κ3) is 5.35. The molecule has 1 aromatic rings. The minimum Gasteiger partial charge on any atom is -0.313 e. The highest BCUT2D eigenvalue weighted by Gasteiger charge is 2.08. The third-order valence-electron chi connectivity index (χ3n) is 2.29. The van der Waals surface area contributed by atoms with Crippen molar-refractivity contribution in [3.05, 3.63) is 42.0 Å². The number of halogens is 1. The third-order valence-corrected chi connectivity index (χ3v) is 3.66. The van der Waals surface area contributed by atoms with E-state index in [1.807, 2.05) is 19.1 Å². The van der Waals surface area contributed by atoms with E-state index in [0.717, 1.165) is 25.1 Å². The first kappa shape index (κ1) is 14.2. The van der Waals surface area contributed by atoms with E-state index in [4.69, 9.17) is 10.7 Å². The van der Waals surface area contributed by atoms with Crippen molar-refractivity contribution in [2.75, 3.05) is 13.1 Å². The molecule has 0 amide bonds. The molecule has 0 saturated carbocycles. The fourth-order valence-corrected chi connectivity index (χ4v) is 2.12. The lowest BCUT2D eigenvalue weighted by Crippen LogP contribution is -2.16. The Morgan fingerprint density at radius 3 is 2.47 bits per heavy atom. The van der Waals surface area contributed by atoms with Crippen molar-refractivity contribution < 1.29 is 8.42 Å². The van der Waals surface area contributed by atoms with Crippen LogP contribution in [0.2, 0.25) is 0 Å². The molecular formula is C12H16ClNO2S. The van der Waals surface area contributed by atoms with Crippen LogP contribution in [0.15, 0.2) is 41.3 Å². The van der Waals surface area contributed by atoms with Gasteiger partial charge in [0.1, 0.15) is 0 Å². The Labute approximate surface area is 107 Å². The molecule has 0 aromatic heterocycles. The Balaban J connectivity index is 2.46. The second-order valence-electron chi connectivity index (χ2n) is 3.60. The van der Waals surface area contributed by atoms with Gasteiger partial charge in [-0.1, -0.05) is 24.3 Å². The van der Waals surface area contributed by atoms with Crippen molar-refractivity contribution in [1.29, 1.82) is 0 Å². The summed E-state index contributed by atoms with van der Waals surface area (Å²) in [6.45, 7) is 3.69. The Bertz CT molecular complexity index is 466. The van der Waals surface area contributed by atoms with Crippen LogP contribution in [0, 0.1) is 0 Å². The molecule has 0 aliphatic rings. The molecule has 1 rings (SSSR count). The molecule has 0 bridgehead atoms. The van der Waals surface area contributed by atoms with Gasteiger partial charge in [-0.3, -0.25) is 0 Å². The monoisotopic (exact) mass is 273 g/mol. The van der Waals surface area contributed by atoms with Gasteiger partial charge in [0.25, 0.3) is 9.05 Å². The molecule has 17 heavy (non-hydrogen) atoms. The van der Waals surface area contributed by atoms with Gasteiger partial charge in [0.2, 0.25) is 0 Å². The van der Waals surface area contributed by atoms with Crippen LogP contribution >= 0.6 is 10.7 Å². The Kier molecular flexibility index (Phi) is 5.68. The summed E-state index contributed by atoms with van der Waals surface area (Å²) in [5, 5.41) is 3.25. The molecule has 94 valence electrons. The van der Waals surface area contributed by atoms with Crippen molar-refractivity contribution in [1.82, 2.24) is 5.32 Å². The minimum atomic E-state index is -3.60. The maximum absolute atomic E-state index is 11.0. The normalized spacial score (nSPS) is 12.1. The summed E-state index contributed by atoms with van der Waals surface area (Å²) in [5.41, 5.74) is 1.09. The van der Waals surface area contributed by atoms with Gasteiger partial charge in [-0.15, -0.1) is 0 Å². The van der Waals surface area contributed by atoms with Crippen LogP contribution in [-0.4, -0.2) is 21.5 Å². The highest BCUT2D eigenvalue weighted by atomic mass is 35.7. The average Bonchev–Trinajstić information content (AvgIpc) is 2.28. The predicted octanol–water partition coefficient (Wildman–Crippen LogP) is 2.32. The van der Waals surface area contributed by atoms with E-state index in [1.165, 1.54) is 12.1 Å². The molecule has 0 spiro atoms. The largest absolute Gasteiger partial charge is 0.313 e. The summed E-state index contributed by atoms with van der Waals surface area (Å²) in [6.07, 6.45) is 4.90. The van der Waals surface area contributed by atoms with Crippen LogP contribution < -0.4 is 5.32 Å². The van der Waals surface area contributed by atoms with E-state index in [0.29, 0.717) is 0 Å². The molecule has 0 fully saturated rings. The highest BCUT2D eigenvalue weighted by molar-refractivity contribution is 8.13. The van der Waals surface area contributed by atoms with Crippen LogP contribution in [0.4, 0.5) is 0 Å². The number of nitrogens with one attached hydrogen (secondary N) is 1. The van der Waals surface area contributed by atoms with Gasteiger partial charge >= 0.3 is 0 Å². The summed E-state index contributed by atoms with van der Waals surface area (Å²) in [4.78, 5) is 0.143. The lowest BCUT2D eigenvalue weighted by Gasteiger charge is -2.03. The summed E-state index contributed by atoms with van der Waals surface area (Å²) in [5.74, 6) is 0. The van der Waals surface area contributed by atoms with Gasteiger partial charge in [0, 0.05) is 17.2 Å². The standard InChI is InChI=1S/C12H16ClNO2S/c1-2-3-9-14-10-8-11-4-6-12(7-5-11)17(13,15)16/h2-7,14H,8-10H2,1H3/b3-2+. The van der Waals surface area contributed by atoms with Crippen LogP contribution in [0.3, 0.4) is 0 Å². The first-order valence-corrected chi connectivity index (χ1v) is 7.70. The molecule has 1 N–H and O–H groups in total. The number of hydrogen-bond donors (Lipinski definition) is 1. The first-order valence-electron chi connectivity index (χ1n) is 5.39. The maximum atomic E-state index is 11.0. The summed E-state index contributed by atoms with van der Waals surface area (Å²) >= 11 is 0. The number of benzene rings is 1. The zero-order chi connectivity index (χ0) is 12.7. The van der Waals surface area contributed by atoms with Crippen LogP contribution in [0.1, 0.15) is 12.5 Å². The maximum Gasteiger partial charge on any atom is 0.261 e. The zero-order valence-corrected chi connectivity index (χ0v) is 11.3. The minimum absolute atomic E-state index is 0.143. The van der Waals surface area contributed by atoms with Crippen molar-refractivity contribution in [2.24, 2.45) is 0 Å². The molecule has 0 radical (unpaired) electrons. The van der Waals surface area contributed by atoms with Crippen molar-refractivity contribution in [3.63, 3.8) is 0 Å². The summed E-state index contributed by atoms with van der Waals surface area (Å²) < 4.78 is 22.0. The van der Waals surface area contributed by atoms with Crippen LogP contribution in [0.25, 0.3) is 0 Å². The van der Waals surface area contributed by atoms with Gasteiger partial charge < -0.3 is 5.32 Å². The van der Waals surface area contributed by atoms with Gasteiger partial charge in [0.05, 0.1) is 4.90 Å². The highest BCUT2D eigenvalue weighted by Crippen LogP contribution is 2.15. The average molecular weight is 274 g/mol. The Morgan fingerprint density at radius 2 is 1.94 bits per heavy atom. The van der Waals surface area contributed by atoms with Crippen molar-refractivity contribution in [2.45, 2.75) is 18.2 Å². The smallest absolute Gasteiger partial charge is 0.261 e. The molecule has 0 aliphatic carbocycles. The molecule has 0 aliphatic heterocycles. The first-order chi connectivity index (χ1) is 8.04. The van der Waals surface area contributed by atoms with Crippen molar-refractivity contribution in [3.8, 4) is 0 Å². The molecule has 1 aromatic carbocycles. The fraction of sp³-hybridized carbons (Fsp3) is 0.333. The van der Waals surface area contributed by atoms with Crippen molar-refractivity contribution >= 4 is 19.7 Å². The van der Waals surface area contributed by atoms with Gasteiger partial charge in [-0.05, 0) is 37.6 Å². The Hall–Kier alpha value is -0.840. The van der Waals surface area contributed by atoms with E-state index in [-0.39, 0.29) is 4.90 Å². The van der Waals surface area contributed by atoms with Gasteiger partial charge in [-0.2, -0.15) is 0 Å². The molecule has 0 heterocycles. The number of hydrogen-bond acceptors (Lipinski definition) is 3. The second-order valence-corrected chi connectivity index (χ2v) is 6.17. The van der Waals surface area contributed by atoms with E-state index in [1.54, 1.807) is 12.1 Å². The van der Waals surface area contributed by atoms with Crippen LogP contribution in [-0.2, 0) is 15.5 Å². The SMILES string of the molecule is C/C=C/CNCCc1ccc(S(=O)(=O)Cl)cc1. The number of allylic oxidation sites excluding steroid dienone is 1. The Morgan fingerprint density at radius 1 is 1.29 bits per heavy atom. The molecule has 0 atom stereocenters. The quantitative estimate of drug-likeness (QED) is 0.492. The lowest BCUT2D eigenvalue weighted by atomic mass is 10.1. The second kappa shape index (κ2) is 6.79. The van der Waals surface area contributed by atoms with Crippen LogP contribution in [0.5, 0.6) is 0 Å². The van der Waals surface area contributed by atoms with E-state index in [9.17, 15) is 8.42 Å². The topological polar surface area (TPSA) is 46.2 Å². The molecular weight excluding hydrogens is 258 g/mol. The molecule has 0 unspecified atom stereocenters. The fourth-order valence-electron chi connectivity index (χ4n) is 1.35. The van der Waals surface area contributed by atoms with Gasteiger partial charge in [-0.25, -0.2) is 8.42 Å². The zero-order valence-electron chi connectivity index (χ0n) is 9.69. The van der Waals surface area contributed by atoms with E-state index in [2.05, 4.69) is 5.32 Å². The molecule has 0 saturated heterocycles. The summed E-state index contributed by atoms with van der Waals surface area (Å²) in [6, 6.07) is 6.63. The number of rotatable bonds is 6. The molecule has 5 heteroatoms. The summed E-state index contributed by atoms with van der Waals surface area (Å²) in [7, 11) is 1.62. The van der Waals surface area contributed by atoms with E-state index < -0.39 is 9.05 Å². The lowest BCUT2D eigenvalue weighted by molar-refractivity contribution is 0.609. The predicted molar refractivity (Wildman–Crippen MR) is 70.9 cm³/mol. The molecule has 3 nitrogen and oxygen atoms in total.